The molecule has 1 saturated heterocycles. The first kappa shape index (κ1) is 20.9. The van der Waals surface area contributed by atoms with Crippen molar-refractivity contribution < 1.29 is 9.59 Å². The number of hydrogen-bond acceptors (Lipinski definition) is 5. The largest absolute Gasteiger partial charge is 0.356 e. The number of aromatic nitrogens is 2. The maximum absolute atomic E-state index is 12.4. The fourth-order valence-electron chi connectivity index (χ4n) is 3.64. The van der Waals surface area contributed by atoms with Crippen molar-refractivity contribution >= 4 is 11.8 Å². The highest BCUT2D eigenvalue weighted by Crippen LogP contribution is 2.11. The Bertz CT molecular complexity index is 820. The second-order valence-corrected chi connectivity index (χ2v) is 7.45. The third-order valence-corrected chi connectivity index (χ3v) is 5.05. The molecule has 2 N–H and O–H groups in total. The van der Waals surface area contributed by atoms with Crippen molar-refractivity contribution in [3.63, 3.8) is 0 Å². The van der Waals surface area contributed by atoms with Gasteiger partial charge < -0.3 is 10.6 Å². The number of nitrogens with one attached hydrogen (secondary N) is 2. The van der Waals surface area contributed by atoms with Crippen LogP contribution >= 0.6 is 0 Å². The molecule has 29 heavy (non-hydrogen) atoms. The number of aryl methyl sites for hydroxylation is 2. The average molecular weight is 396 g/mol. The fraction of sp³-hybridized carbons (Fsp3) is 0.455. The Balaban J connectivity index is 1.50. The SMILES string of the molecule is Cc1cc(C)nc(CCNC(=O)C[C@H]2C(=O)NCCN2CCc2ccccc2)n1. The lowest BCUT2D eigenvalue weighted by Gasteiger charge is -2.34. The van der Waals surface area contributed by atoms with Crippen LogP contribution in [0.5, 0.6) is 0 Å². The molecular formula is C22H29N5O2. The topological polar surface area (TPSA) is 87.2 Å². The van der Waals surface area contributed by atoms with E-state index in [0.29, 0.717) is 19.5 Å². The van der Waals surface area contributed by atoms with Crippen molar-refractivity contribution in [2.75, 3.05) is 26.2 Å². The van der Waals surface area contributed by atoms with Gasteiger partial charge in [0.1, 0.15) is 5.82 Å². The van der Waals surface area contributed by atoms with Crippen LogP contribution in [-0.4, -0.2) is 58.9 Å². The maximum atomic E-state index is 12.4. The summed E-state index contributed by atoms with van der Waals surface area (Å²) >= 11 is 0. The summed E-state index contributed by atoms with van der Waals surface area (Å²) in [5, 5.41) is 5.79. The van der Waals surface area contributed by atoms with Gasteiger partial charge >= 0.3 is 0 Å². The summed E-state index contributed by atoms with van der Waals surface area (Å²) in [6.07, 6.45) is 1.59. The summed E-state index contributed by atoms with van der Waals surface area (Å²) < 4.78 is 0. The monoisotopic (exact) mass is 395 g/mol. The molecular weight excluding hydrogens is 366 g/mol. The van der Waals surface area contributed by atoms with E-state index < -0.39 is 6.04 Å². The highest BCUT2D eigenvalue weighted by Gasteiger charge is 2.31. The van der Waals surface area contributed by atoms with E-state index in [4.69, 9.17) is 0 Å². The number of amides is 2. The third kappa shape index (κ3) is 6.35. The Morgan fingerprint density at radius 1 is 1.17 bits per heavy atom. The number of rotatable bonds is 8. The molecule has 0 radical (unpaired) electrons. The Hall–Kier alpha value is -2.80. The van der Waals surface area contributed by atoms with Crippen LogP contribution < -0.4 is 10.6 Å². The van der Waals surface area contributed by atoms with Crippen LogP contribution in [0.4, 0.5) is 0 Å². The van der Waals surface area contributed by atoms with Crippen LogP contribution in [0.3, 0.4) is 0 Å². The number of nitrogens with zero attached hydrogens (tertiary/aromatic N) is 3. The first-order valence-corrected chi connectivity index (χ1v) is 10.1. The van der Waals surface area contributed by atoms with Gasteiger partial charge in [-0.3, -0.25) is 14.5 Å². The van der Waals surface area contributed by atoms with Crippen LogP contribution in [-0.2, 0) is 22.4 Å². The lowest BCUT2D eigenvalue weighted by molar-refractivity contribution is -0.133. The van der Waals surface area contributed by atoms with E-state index in [9.17, 15) is 9.59 Å². The van der Waals surface area contributed by atoms with Gasteiger partial charge in [-0.05, 0) is 31.9 Å². The van der Waals surface area contributed by atoms with Crippen molar-refractivity contribution in [3.8, 4) is 0 Å². The molecule has 0 spiro atoms. The summed E-state index contributed by atoms with van der Waals surface area (Å²) in [5.74, 6) is 0.529. The summed E-state index contributed by atoms with van der Waals surface area (Å²) in [5.41, 5.74) is 3.08. The van der Waals surface area contributed by atoms with Crippen molar-refractivity contribution in [3.05, 3.63) is 59.2 Å². The minimum atomic E-state index is -0.426. The molecule has 1 fully saturated rings. The average Bonchev–Trinajstić information content (AvgIpc) is 2.68. The predicted molar refractivity (Wildman–Crippen MR) is 111 cm³/mol. The van der Waals surface area contributed by atoms with Crippen molar-refractivity contribution in [2.24, 2.45) is 0 Å². The van der Waals surface area contributed by atoms with Crippen LogP contribution in [0.25, 0.3) is 0 Å². The van der Waals surface area contributed by atoms with Crippen molar-refractivity contribution in [2.45, 2.75) is 39.2 Å². The smallest absolute Gasteiger partial charge is 0.237 e. The van der Waals surface area contributed by atoms with Crippen LogP contribution in [0.2, 0.25) is 0 Å². The van der Waals surface area contributed by atoms with E-state index in [0.717, 1.165) is 36.7 Å². The van der Waals surface area contributed by atoms with Crippen molar-refractivity contribution in [1.82, 2.24) is 25.5 Å². The van der Waals surface area contributed by atoms with E-state index in [2.05, 4.69) is 37.6 Å². The Morgan fingerprint density at radius 3 is 2.62 bits per heavy atom. The second-order valence-electron chi connectivity index (χ2n) is 7.45. The molecule has 1 aliphatic rings. The van der Waals surface area contributed by atoms with Gasteiger partial charge in [-0.1, -0.05) is 30.3 Å². The first-order chi connectivity index (χ1) is 14.0. The van der Waals surface area contributed by atoms with Gasteiger partial charge in [-0.2, -0.15) is 0 Å². The molecule has 7 nitrogen and oxygen atoms in total. The number of benzene rings is 1. The molecule has 3 rings (SSSR count). The van der Waals surface area contributed by atoms with E-state index in [-0.39, 0.29) is 18.2 Å². The molecule has 2 aromatic rings. The molecule has 0 aliphatic carbocycles. The Kier molecular flexibility index (Phi) is 7.30. The zero-order valence-electron chi connectivity index (χ0n) is 17.1. The second kappa shape index (κ2) is 10.1. The molecule has 2 heterocycles. The maximum Gasteiger partial charge on any atom is 0.237 e. The van der Waals surface area contributed by atoms with Gasteiger partial charge in [0, 0.05) is 44.0 Å². The minimum absolute atomic E-state index is 0.0721. The summed E-state index contributed by atoms with van der Waals surface area (Å²) in [6.45, 7) is 6.46. The molecule has 0 unspecified atom stereocenters. The van der Waals surface area contributed by atoms with Gasteiger partial charge in [-0.25, -0.2) is 9.97 Å². The highest BCUT2D eigenvalue weighted by atomic mass is 16.2. The third-order valence-electron chi connectivity index (χ3n) is 5.05. The summed E-state index contributed by atoms with van der Waals surface area (Å²) in [4.78, 5) is 35.7. The molecule has 2 amide bonds. The number of piperazine rings is 1. The molecule has 0 saturated carbocycles. The van der Waals surface area contributed by atoms with Crippen molar-refractivity contribution in [1.29, 1.82) is 0 Å². The van der Waals surface area contributed by atoms with Gasteiger partial charge in [0.05, 0.1) is 12.5 Å². The zero-order chi connectivity index (χ0) is 20.6. The Morgan fingerprint density at radius 2 is 1.90 bits per heavy atom. The molecule has 7 heteroatoms. The molecule has 1 atom stereocenters. The fourth-order valence-corrected chi connectivity index (χ4v) is 3.64. The number of carbonyl (C=O) groups excluding carboxylic acids is 2. The van der Waals surface area contributed by atoms with E-state index in [1.54, 1.807) is 0 Å². The van der Waals surface area contributed by atoms with Gasteiger partial charge in [0.2, 0.25) is 11.8 Å². The van der Waals surface area contributed by atoms with E-state index in [1.807, 2.05) is 38.1 Å². The molecule has 1 aromatic carbocycles. The van der Waals surface area contributed by atoms with Crippen LogP contribution in [0.15, 0.2) is 36.4 Å². The van der Waals surface area contributed by atoms with E-state index in [1.165, 1.54) is 5.56 Å². The quantitative estimate of drug-likeness (QED) is 0.701. The van der Waals surface area contributed by atoms with E-state index >= 15 is 0 Å². The Labute approximate surface area is 171 Å². The highest BCUT2D eigenvalue weighted by molar-refractivity contribution is 5.88. The van der Waals surface area contributed by atoms with Gasteiger partial charge in [0.15, 0.2) is 0 Å². The number of hydrogen-bond donors (Lipinski definition) is 2. The summed E-state index contributed by atoms with van der Waals surface area (Å²) in [6, 6.07) is 11.7. The molecule has 0 bridgehead atoms. The predicted octanol–water partition coefficient (Wildman–Crippen LogP) is 1.19. The molecule has 1 aliphatic heterocycles. The summed E-state index contributed by atoms with van der Waals surface area (Å²) in [7, 11) is 0. The minimum Gasteiger partial charge on any atom is -0.356 e. The van der Waals surface area contributed by atoms with Crippen LogP contribution in [0, 0.1) is 13.8 Å². The van der Waals surface area contributed by atoms with Gasteiger partial charge in [-0.15, -0.1) is 0 Å². The zero-order valence-corrected chi connectivity index (χ0v) is 17.1. The molecule has 154 valence electrons. The lowest BCUT2D eigenvalue weighted by Crippen LogP contribution is -2.56. The van der Waals surface area contributed by atoms with Gasteiger partial charge in [0.25, 0.3) is 0 Å². The van der Waals surface area contributed by atoms with Crippen LogP contribution in [0.1, 0.15) is 29.2 Å². The lowest BCUT2D eigenvalue weighted by atomic mass is 10.1. The molecule has 1 aromatic heterocycles. The number of carbonyl (C=O) groups is 2. The first-order valence-electron chi connectivity index (χ1n) is 10.1. The normalized spacial score (nSPS) is 17.0. The standard InChI is InChI=1S/C22H29N5O2/c1-16-14-17(2)26-20(25-16)8-10-23-21(28)15-19-22(29)24-11-13-27(19)12-9-18-6-4-3-5-7-18/h3-7,14,19H,8-13,15H2,1-2H3,(H,23,28)(H,24,29)/t19-/m0/s1.